The van der Waals surface area contributed by atoms with Crippen molar-refractivity contribution in [3.8, 4) is 5.75 Å². The zero-order chi connectivity index (χ0) is 26.5. The van der Waals surface area contributed by atoms with E-state index in [-0.39, 0.29) is 0 Å². The summed E-state index contributed by atoms with van der Waals surface area (Å²) >= 11 is 0. The van der Waals surface area contributed by atoms with Crippen molar-refractivity contribution in [3.63, 3.8) is 0 Å². The monoisotopic (exact) mass is 532 g/mol. The van der Waals surface area contributed by atoms with E-state index >= 15 is 0 Å². The van der Waals surface area contributed by atoms with Gasteiger partial charge in [-0.2, -0.15) is 8.42 Å². The molecule has 1 atom stereocenters. The van der Waals surface area contributed by atoms with Crippen LogP contribution in [0.15, 0.2) is 87.5 Å². The lowest BCUT2D eigenvalue weighted by molar-refractivity contribution is -0.0613. The van der Waals surface area contributed by atoms with E-state index in [1.807, 2.05) is 125 Å². The van der Waals surface area contributed by atoms with E-state index in [1.165, 1.54) is 0 Å². The second-order valence-electron chi connectivity index (χ2n) is 8.72. The molecule has 9 heteroatoms. The molecule has 36 heavy (non-hydrogen) atoms. The number of benzene rings is 3. The van der Waals surface area contributed by atoms with Crippen LogP contribution in [0.2, 0.25) is 0 Å². The van der Waals surface area contributed by atoms with Crippen LogP contribution in [0.25, 0.3) is 0 Å². The quantitative estimate of drug-likeness (QED) is 0.291. The van der Waals surface area contributed by atoms with Gasteiger partial charge in [-0.3, -0.25) is 0 Å². The fourth-order valence-corrected chi connectivity index (χ4v) is 8.55. The molecule has 0 radical (unpaired) electrons. The van der Waals surface area contributed by atoms with Gasteiger partial charge in [-0.25, -0.2) is 3.63 Å². The zero-order valence-corrected chi connectivity index (χ0v) is 23.6. The van der Waals surface area contributed by atoms with Gasteiger partial charge in [-0.05, 0) is 97.0 Å². The van der Waals surface area contributed by atoms with E-state index < -0.39 is 26.7 Å². The van der Waals surface area contributed by atoms with E-state index in [1.54, 1.807) is 0 Å². The molecule has 0 saturated carbocycles. The van der Waals surface area contributed by atoms with Gasteiger partial charge in [0.1, 0.15) is 5.75 Å². The van der Waals surface area contributed by atoms with Crippen molar-refractivity contribution in [2.45, 2.75) is 34.8 Å². The highest BCUT2D eigenvalue weighted by molar-refractivity contribution is 8.33. The third-order valence-corrected chi connectivity index (χ3v) is 10.1. The fraction of sp³-hybridized carbons (Fsp3) is 0.333. The van der Waals surface area contributed by atoms with Gasteiger partial charge >= 0.3 is 0 Å². The van der Waals surface area contributed by atoms with Crippen LogP contribution in [0.1, 0.15) is 13.8 Å². The van der Waals surface area contributed by atoms with Crippen LogP contribution in [0.4, 0.5) is 11.4 Å². The molecule has 3 aromatic rings. The molecule has 0 heterocycles. The van der Waals surface area contributed by atoms with Gasteiger partial charge in [0, 0.05) is 60.9 Å². The number of hydrogen-bond acceptors (Lipinski definition) is 7. The van der Waals surface area contributed by atoms with Crippen molar-refractivity contribution in [2.24, 2.45) is 0 Å². The summed E-state index contributed by atoms with van der Waals surface area (Å²) in [5, 5.41) is 0. The Morgan fingerprint density at radius 2 is 1.11 bits per heavy atom. The summed E-state index contributed by atoms with van der Waals surface area (Å²) in [4.78, 5) is 6.27. The third kappa shape index (κ3) is 6.53. The lowest BCUT2D eigenvalue weighted by Crippen LogP contribution is -2.16. The van der Waals surface area contributed by atoms with Gasteiger partial charge in [0.05, 0.1) is 6.26 Å². The van der Waals surface area contributed by atoms with Crippen molar-refractivity contribution >= 4 is 31.8 Å². The second-order valence-corrected chi connectivity index (χ2v) is 13.2. The number of anilines is 2. The summed E-state index contributed by atoms with van der Waals surface area (Å²) in [6.07, 6.45) is 0.695. The Morgan fingerprint density at radius 1 is 0.722 bits per heavy atom. The summed E-state index contributed by atoms with van der Waals surface area (Å²) in [6.45, 7) is 4.28. The number of ether oxygens (including phenoxy) is 2. The Hall–Kier alpha value is -2.72. The largest absolute Gasteiger partial charge is 0.465 e. The van der Waals surface area contributed by atoms with Crippen LogP contribution in [-0.2, 0) is 18.5 Å². The number of rotatable bonds is 11. The normalized spacial score (nSPS) is 13.2. The predicted molar refractivity (Wildman–Crippen MR) is 148 cm³/mol. The molecule has 0 spiro atoms. The van der Waals surface area contributed by atoms with Crippen LogP contribution in [-0.4, -0.2) is 55.8 Å². The Bertz CT molecular complexity index is 1180. The molecule has 3 rings (SSSR count). The first kappa shape index (κ1) is 27.9. The average Bonchev–Trinajstić information content (AvgIpc) is 2.83. The van der Waals surface area contributed by atoms with Crippen molar-refractivity contribution in [3.05, 3.63) is 72.8 Å². The SMILES string of the molecule is CCOC(C)Oc1ccc(S(OS(C)(=O)=O)(c2ccc(N(C)C)cc2)c2ccc(N(C)C)cc2)cc1. The second kappa shape index (κ2) is 11.6. The van der Waals surface area contributed by atoms with E-state index in [0.29, 0.717) is 12.4 Å². The molecule has 0 bridgehead atoms. The first-order chi connectivity index (χ1) is 17.0. The molecule has 0 aliphatic rings. The maximum atomic E-state index is 12.7. The van der Waals surface area contributed by atoms with Crippen LogP contribution < -0.4 is 14.5 Å². The lowest BCUT2D eigenvalue weighted by Gasteiger charge is -2.39. The molecule has 0 aliphatic carbocycles. The molecule has 0 saturated heterocycles. The summed E-state index contributed by atoms with van der Waals surface area (Å²) in [5.41, 5.74) is 2.01. The van der Waals surface area contributed by atoms with E-state index in [9.17, 15) is 8.42 Å². The lowest BCUT2D eigenvalue weighted by atomic mass is 10.3. The van der Waals surface area contributed by atoms with Gasteiger partial charge in [0.25, 0.3) is 10.1 Å². The molecular formula is C27H36N2O5S2. The minimum atomic E-state index is -3.85. The van der Waals surface area contributed by atoms with Crippen LogP contribution in [0.5, 0.6) is 5.75 Å². The zero-order valence-electron chi connectivity index (χ0n) is 22.0. The standard InChI is InChI=1S/C27H36N2O5S2/c1-8-32-21(2)33-24-13-19-27(20-14-24)36(34-35(7,30)31,25-15-9-22(10-16-25)28(3)4)26-17-11-23(12-18-26)29(5)6/h9-21H,8H2,1-7H3. The van der Waals surface area contributed by atoms with Crippen LogP contribution >= 0.6 is 10.3 Å². The summed E-state index contributed by atoms with van der Waals surface area (Å²) in [5.74, 6) is 0.623. The maximum Gasteiger partial charge on any atom is 0.274 e. The maximum absolute atomic E-state index is 12.7. The molecule has 0 aliphatic heterocycles. The molecule has 0 amide bonds. The van der Waals surface area contributed by atoms with Crippen molar-refractivity contribution in [2.75, 3.05) is 50.9 Å². The predicted octanol–water partition coefficient (Wildman–Crippen LogP) is 5.75. The minimum Gasteiger partial charge on any atom is -0.465 e. The molecule has 0 fully saturated rings. The Kier molecular flexibility index (Phi) is 8.94. The van der Waals surface area contributed by atoms with E-state index in [4.69, 9.17) is 13.1 Å². The first-order valence-electron chi connectivity index (χ1n) is 11.6. The number of nitrogens with zero attached hydrogens (tertiary/aromatic N) is 2. The van der Waals surface area contributed by atoms with Crippen LogP contribution in [0, 0.1) is 0 Å². The van der Waals surface area contributed by atoms with Gasteiger partial charge in [0.15, 0.2) is 6.29 Å². The smallest absolute Gasteiger partial charge is 0.274 e. The van der Waals surface area contributed by atoms with Crippen molar-refractivity contribution in [1.82, 2.24) is 0 Å². The number of hydrogen-bond donors (Lipinski definition) is 0. The molecule has 196 valence electrons. The minimum absolute atomic E-state index is 0.401. The summed E-state index contributed by atoms with van der Waals surface area (Å²) in [7, 11) is 1.36. The van der Waals surface area contributed by atoms with Crippen molar-refractivity contribution < 1.29 is 21.5 Å². The fourth-order valence-electron chi connectivity index (χ4n) is 3.75. The third-order valence-electron chi connectivity index (χ3n) is 5.45. The van der Waals surface area contributed by atoms with E-state index in [2.05, 4.69) is 0 Å². The van der Waals surface area contributed by atoms with E-state index in [0.717, 1.165) is 32.3 Å². The molecular weight excluding hydrogens is 496 g/mol. The van der Waals surface area contributed by atoms with Gasteiger partial charge in [0.2, 0.25) is 0 Å². The van der Waals surface area contributed by atoms with Gasteiger partial charge < -0.3 is 19.3 Å². The Labute approximate surface area is 217 Å². The molecule has 1 unspecified atom stereocenters. The summed E-state index contributed by atoms with van der Waals surface area (Å²) in [6, 6.07) is 23.0. The van der Waals surface area contributed by atoms with Gasteiger partial charge in [-0.1, -0.05) is 0 Å². The Morgan fingerprint density at radius 3 is 1.44 bits per heavy atom. The first-order valence-corrected chi connectivity index (χ1v) is 15.0. The highest BCUT2D eigenvalue weighted by atomic mass is 32.3. The molecule has 3 aromatic carbocycles. The Balaban J connectivity index is 2.23. The highest BCUT2D eigenvalue weighted by Crippen LogP contribution is 2.70. The van der Waals surface area contributed by atoms with Gasteiger partial charge in [-0.15, -0.1) is 0 Å². The summed E-state index contributed by atoms with van der Waals surface area (Å²) < 4.78 is 42.9. The van der Waals surface area contributed by atoms with Crippen LogP contribution in [0.3, 0.4) is 0 Å². The van der Waals surface area contributed by atoms with Crippen molar-refractivity contribution in [1.29, 1.82) is 0 Å². The topological polar surface area (TPSA) is 68.3 Å². The molecule has 0 aromatic heterocycles. The molecule has 0 N–H and O–H groups in total. The molecule has 7 nitrogen and oxygen atoms in total. The average molecular weight is 533 g/mol. The highest BCUT2D eigenvalue weighted by Gasteiger charge is 2.36.